The molecule has 0 radical (unpaired) electrons. The maximum Gasteiger partial charge on any atom is 0.119 e. The summed E-state index contributed by atoms with van der Waals surface area (Å²) in [6.45, 7) is 7.70. The van der Waals surface area contributed by atoms with Crippen molar-refractivity contribution >= 4 is 15.9 Å². The van der Waals surface area contributed by atoms with E-state index in [-0.39, 0.29) is 6.04 Å². The Balaban J connectivity index is 1.67. The quantitative estimate of drug-likeness (QED) is 0.789. The minimum absolute atomic E-state index is 0.0752. The molecule has 2 rings (SSSR count). The molecule has 1 fully saturated rings. The lowest BCUT2D eigenvalue weighted by atomic mass is 10.2. The lowest BCUT2D eigenvalue weighted by Gasteiger charge is -2.36. The van der Waals surface area contributed by atoms with Crippen molar-refractivity contribution in [2.75, 3.05) is 39.3 Å². The monoisotopic (exact) mass is 351 g/mol. The van der Waals surface area contributed by atoms with E-state index in [2.05, 4.69) is 38.7 Å². The van der Waals surface area contributed by atoms with Gasteiger partial charge in [-0.05, 0) is 30.7 Å². The molecule has 1 aliphatic rings. The number of piperazine rings is 1. The number of nitrogens with zero attached hydrogens (tertiary/aromatic N) is 3. The van der Waals surface area contributed by atoms with E-state index < -0.39 is 0 Å². The van der Waals surface area contributed by atoms with Crippen LogP contribution in [0.15, 0.2) is 28.7 Å². The molecule has 1 saturated heterocycles. The summed E-state index contributed by atoms with van der Waals surface area (Å²) >= 11 is 3.41. The maximum atomic E-state index is 9.10. The molecule has 1 aromatic carbocycles. The zero-order valence-electron chi connectivity index (χ0n) is 12.5. The third-order valence-electron chi connectivity index (χ3n) is 3.87. The van der Waals surface area contributed by atoms with Crippen LogP contribution in [0.4, 0.5) is 0 Å². The largest absolute Gasteiger partial charge is 0.492 e. The molecule has 0 aromatic heterocycles. The van der Waals surface area contributed by atoms with Crippen LogP contribution < -0.4 is 4.74 Å². The Morgan fingerprint density at radius 3 is 2.48 bits per heavy atom. The van der Waals surface area contributed by atoms with Gasteiger partial charge in [-0.3, -0.25) is 9.80 Å². The molecule has 0 spiro atoms. The summed E-state index contributed by atoms with van der Waals surface area (Å²) in [4.78, 5) is 4.69. The Hall–Kier alpha value is -1.09. The number of halogens is 1. The van der Waals surface area contributed by atoms with Gasteiger partial charge in [-0.15, -0.1) is 0 Å². The zero-order valence-corrected chi connectivity index (χ0v) is 14.1. The molecule has 5 heteroatoms. The predicted molar refractivity (Wildman–Crippen MR) is 87.3 cm³/mol. The molecular formula is C16H22BrN3O. The van der Waals surface area contributed by atoms with Crippen LogP contribution in [0.2, 0.25) is 0 Å². The molecule has 1 aliphatic heterocycles. The van der Waals surface area contributed by atoms with E-state index in [9.17, 15) is 0 Å². The van der Waals surface area contributed by atoms with Crippen LogP contribution in [0, 0.1) is 11.3 Å². The van der Waals surface area contributed by atoms with Gasteiger partial charge in [0.1, 0.15) is 12.4 Å². The van der Waals surface area contributed by atoms with Crippen LogP contribution in [-0.2, 0) is 0 Å². The SMILES string of the molecule is CCC(C#N)N1CCN(CCOc2ccc(Br)cc2)CC1. The van der Waals surface area contributed by atoms with Crippen molar-refractivity contribution in [3.63, 3.8) is 0 Å². The van der Waals surface area contributed by atoms with Gasteiger partial charge < -0.3 is 4.74 Å². The van der Waals surface area contributed by atoms with Gasteiger partial charge in [0, 0.05) is 37.2 Å². The van der Waals surface area contributed by atoms with E-state index in [1.807, 2.05) is 24.3 Å². The number of nitriles is 1. The van der Waals surface area contributed by atoms with Gasteiger partial charge in [0.25, 0.3) is 0 Å². The van der Waals surface area contributed by atoms with Crippen LogP contribution in [-0.4, -0.2) is 55.2 Å². The van der Waals surface area contributed by atoms with Crippen molar-refractivity contribution in [3.8, 4) is 11.8 Å². The molecular weight excluding hydrogens is 330 g/mol. The average Bonchev–Trinajstić information content (AvgIpc) is 2.52. The summed E-state index contributed by atoms with van der Waals surface area (Å²) in [6, 6.07) is 10.4. The molecule has 0 N–H and O–H groups in total. The Bertz CT molecular complexity index is 463. The van der Waals surface area contributed by atoms with Crippen LogP contribution in [0.3, 0.4) is 0 Å². The highest BCUT2D eigenvalue weighted by Crippen LogP contribution is 2.16. The number of hydrogen-bond acceptors (Lipinski definition) is 4. The fourth-order valence-electron chi connectivity index (χ4n) is 2.55. The third kappa shape index (κ3) is 4.99. The molecule has 1 atom stereocenters. The average molecular weight is 352 g/mol. The van der Waals surface area contributed by atoms with E-state index in [1.54, 1.807) is 0 Å². The number of rotatable bonds is 6. The predicted octanol–water partition coefficient (Wildman–Crippen LogP) is 2.75. The van der Waals surface area contributed by atoms with Gasteiger partial charge >= 0.3 is 0 Å². The van der Waals surface area contributed by atoms with Crippen LogP contribution >= 0.6 is 15.9 Å². The Kier molecular flexibility index (Phi) is 6.50. The first-order valence-electron chi connectivity index (χ1n) is 7.47. The van der Waals surface area contributed by atoms with Crippen molar-refractivity contribution in [2.24, 2.45) is 0 Å². The second kappa shape index (κ2) is 8.38. The summed E-state index contributed by atoms with van der Waals surface area (Å²) < 4.78 is 6.82. The number of ether oxygens (including phenoxy) is 1. The molecule has 0 bridgehead atoms. The smallest absolute Gasteiger partial charge is 0.119 e. The molecule has 0 aliphatic carbocycles. The molecule has 1 unspecified atom stereocenters. The first-order valence-corrected chi connectivity index (χ1v) is 8.26. The molecule has 0 amide bonds. The Morgan fingerprint density at radius 2 is 1.90 bits per heavy atom. The summed E-state index contributed by atoms with van der Waals surface area (Å²) in [6.07, 6.45) is 0.906. The molecule has 4 nitrogen and oxygen atoms in total. The lowest BCUT2D eigenvalue weighted by molar-refractivity contribution is 0.101. The van der Waals surface area contributed by atoms with Gasteiger partial charge in [0.05, 0.1) is 12.1 Å². The van der Waals surface area contributed by atoms with Crippen LogP contribution in [0.25, 0.3) is 0 Å². The summed E-state index contributed by atoms with van der Waals surface area (Å²) in [5.74, 6) is 0.910. The minimum Gasteiger partial charge on any atom is -0.492 e. The van der Waals surface area contributed by atoms with E-state index in [1.165, 1.54) is 0 Å². The van der Waals surface area contributed by atoms with Gasteiger partial charge in [0.2, 0.25) is 0 Å². The molecule has 114 valence electrons. The fraction of sp³-hybridized carbons (Fsp3) is 0.562. The fourth-order valence-corrected chi connectivity index (χ4v) is 2.82. The van der Waals surface area contributed by atoms with Gasteiger partial charge in [-0.1, -0.05) is 22.9 Å². The molecule has 0 saturated carbocycles. The second-order valence-corrected chi connectivity index (χ2v) is 6.15. The van der Waals surface area contributed by atoms with Crippen LogP contribution in [0.5, 0.6) is 5.75 Å². The Morgan fingerprint density at radius 1 is 1.24 bits per heavy atom. The highest BCUT2D eigenvalue weighted by molar-refractivity contribution is 9.10. The standard InChI is InChI=1S/C16H22BrN3O/c1-2-15(13-18)20-9-7-19(8-10-20)11-12-21-16-5-3-14(17)4-6-16/h3-6,15H,2,7-12H2,1H3. The highest BCUT2D eigenvalue weighted by Gasteiger charge is 2.22. The highest BCUT2D eigenvalue weighted by atomic mass is 79.9. The minimum atomic E-state index is 0.0752. The topological polar surface area (TPSA) is 39.5 Å². The van der Waals surface area contributed by atoms with E-state index in [0.717, 1.165) is 49.4 Å². The molecule has 21 heavy (non-hydrogen) atoms. The normalized spacial score (nSPS) is 18.1. The number of hydrogen-bond donors (Lipinski definition) is 0. The maximum absolute atomic E-state index is 9.10. The van der Waals surface area contributed by atoms with Crippen molar-refractivity contribution in [3.05, 3.63) is 28.7 Å². The zero-order chi connectivity index (χ0) is 15.1. The first kappa shape index (κ1) is 16.3. The summed E-state index contributed by atoms with van der Waals surface area (Å²) in [7, 11) is 0. The Labute approximate surface area is 135 Å². The van der Waals surface area contributed by atoms with E-state index >= 15 is 0 Å². The van der Waals surface area contributed by atoms with E-state index in [4.69, 9.17) is 10.00 Å². The third-order valence-corrected chi connectivity index (χ3v) is 4.40. The van der Waals surface area contributed by atoms with Crippen molar-refractivity contribution < 1.29 is 4.74 Å². The lowest BCUT2D eigenvalue weighted by Crippen LogP contribution is -2.50. The second-order valence-electron chi connectivity index (χ2n) is 5.23. The molecule has 1 aromatic rings. The molecule has 1 heterocycles. The van der Waals surface area contributed by atoms with Crippen LogP contribution in [0.1, 0.15) is 13.3 Å². The summed E-state index contributed by atoms with van der Waals surface area (Å²) in [5.41, 5.74) is 0. The summed E-state index contributed by atoms with van der Waals surface area (Å²) in [5, 5.41) is 9.10. The van der Waals surface area contributed by atoms with Gasteiger partial charge in [-0.2, -0.15) is 5.26 Å². The van der Waals surface area contributed by atoms with Gasteiger partial charge in [0.15, 0.2) is 0 Å². The van der Waals surface area contributed by atoms with E-state index in [0.29, 0.717) is 6.61 Å². The van der Waals surface area contributed by atoms with Gasteiger partial charge in [-0.25, -0.2) is 0 Å². The number of benzene rings is 1. The van der Waals surface area contributed by atoms with Crippen molar-refractivity contribution in [1.82, 2.24) is 9.80 Å². The van der Waals surface area contributed by atoms with Crippen molar-refractivity contribution in [2.45, 2.75) is 19.4 Å². The van der Waals surface area contributed by atoms with Crippen molar-refractivity contribution in [1.29, 1.82) is 5.26 Å². The first-order chi connectivity index (χ1) is 10.2.